The molecule has 0 aliphatic rings. The highest BCUT2D eigenvalue weighted by atomic mass is 16.5. The standard InChI is InChI=1S/C20H20NO/c1-22-20-10-6-5-9-19(20)16-21-13-11-18(12-14-21)15-17-7-3-2-4-8-17/h2-14H,15-16H2,1H3/q+1. The van der Waals surface area contributed by atoms with Crippen LogP contribution in [0.3, 0.4) is 0 Å². The lowest BCUT2D eigenvalue weighted by Crippen LogP contribution is -2.33. The SMILES string of the molecule is COc1ccccc1C[n+]1ccc(Cc2ccccc2)cc1. The van der Waals surface area contributed by atoms with Crippen molar-refractivity contribution in [2.45, 2.75) is 13.0 Å². The van der Waals surface area contributed by atoms with E-state index < -0.39 is 0 Å². The van der Waals surface area contributed by atoms with E-state index in [0.29, 0.717) is 0 Å². The molecule has 3 aromatic rings. The maximum Gasteiger partial charge on any atom is 0.177 e. The summed E-state index contributed by atoms with van der Waals surface area (Å²) in [5.41, 5.74) is 3.85. The zero-order valence-electron chi connectivity index (χ0n) is 12.8. The van der Waals surface area contributed by atoms with Crippen LogP contribution in [0.15, 0.2) is 79.1 Å². The van der Waals surface area contributed by atoms with E-state index in [0.717, 1.165) is 18.7 Å². The summed E-state index contributed by atoms with van der Waals surface area (Å²) in [5, 5.41) is 0. The van der Waals surface area contributed by atoms with E-state index in [2.05, 4.69) is 65.5 Å². The molecule has 2 nitrogen and oxygen atoms in total. The molecule has 1 aromatic heterocycles. The van der Waals surface area contributed by atoms with Crippen molar-refractivity contribution in [1.29, 1.82) is 0 Å². The van der Waals surface area contributed by atoms with Gasteiger partial charge in [-0.05, 0) is 29.7 Å². The number of rotatable bonds is 5. The van der Waals surface area contributed by atoms with Crippen molar-refractivity contribution in [1.82, 2.24) is 0 Å². The molecular weight excluding hydrogens is 270 g/mol. The molecule has 0 amide bonds. The van der Waals surface area contributed by atoms with Crippen molar-refractivity contribution < 1.29 is 9.30 Å². The molecule has 2 heteroatoms. The topological polar surface area (TPSA) is 13.1 Å². The van der Waals surface area contributed by atoms with E-state index in [4.69, 9.17) is 4.74 Å². The molecule has 22 heavy (non-hydrogen) atoms. The molecule has 3 rings (SSSR count). The average Bonchev–Trinajstić information content (AvgIpc) is 2.58. The van der Waals surface area contributed by atoms with Crippen LogP contribution < -0.4 is 9.30 Å². The summed E-state index contributed by atoms with van der Waals surface area (Å²) < 4.78 is 7.58. The van der Waals surface area contributed by atoms with Crippen LogP contribution in [0.2, 0.25) is 0 Å². The summed E-state index contributed by atoms with van der Waals surface area (Å²) in [4.78, 5) is 0. The average molecular weight is 290 g/mol. The van der Waals surface area contributed by atoms with Gasteiger partial charge in [0, 0.05) is 12.1 Å². The Bertz CT molecular complexity index is 720. The van der Waals surface area contributed by atoms with Gasteiger partial charge in [0.05, 0.1) is 12.7 Å². The van der Waals surface area contributed by atoms with Gasteiger partial charge in [-0.3, -0.25) is 0 Å². The summed E-state index contributed by atoms with van der Waals surface area (Å²) in [7, 11) is 1.71. The van der Waals surface area contributed by atoms with Gasteiger partial charge in [-0.2, -0.15) is 0 Å². The van der Waals surface area contributed by atoms with Crippen molar-refractivity contribution in [2.24, 2.45) is 0 Å². The zero-order valence-corrected chi connectivity index (χ0v) is 12.8. The van der Waals surface area contributed by atoms with Crippen molar-refractivity contribution in [3.05, 3.63) is 95.8 Å². The summed E-state index contributed by atoms with van der Waals surface area (Å²) in [6.45, 7) is 0.815. The van der Waals surface area contributed by atoms with Gasteiger partial charge in [-0.15, -0.1) is 0 Å². The molecule has 0 radical (unpaired) electrons. The second kappa shape index (κ2) is 6.90. The van der Waals surface area contributed by atoms with Crippen LogP contribution in [0.4, 0.5) is 0 Å². The number of hydrogen-bond donors (Lipinski definition) is 0. The first-order valence-electron chi connectivity index (χ1n) is 7.49. The number of aromatic nitrogens is 1. The molecule has 0 fully saturated rings. The number of para-hydroxylation sites is 1. The number of methoxy groups -OCH3 is 1. The fourth-order valence-corrected chi connectivity index (χ4v) is 2.57. The Hall–Kier alpha value is -2.61. The van der Waals surface area contributed by atoms with E-state index in [-0.39, 0.29) is 0 Å². The highest BCUT2D eigenvalue weighted by molar-refractivity contribution is 5.32. The van der Waals surface area contributed by atoms with Crippen LogP contribution in [-0.2, 0) is 13.0 Å². The third-order valence-electron chi connectivity index (χ3n) is 3.76. The molecule has 0 saturated carbocycles. The highest BCUT2D eigenvalue weighted by Gasteiger charge is 2.08. The van der Waals surface area contributed by atoms with Gasteiger partial charge in [-0.1, -0.05) is 42.5 Å². The van der Waals surface area contributed by atoms with Crippen molar-refractivity contribution >= 4 is 0 Å². The Morgan fingerprint density at radius 2 is 1.41 bits per heavy atom. The normalized spacial score (nSPS) is 10.4. The second-order valence-corrected chi connectivity index (χ2v) is 5.35. The van der Waals surface area contributed by atoms with Crippen LogP contribution in [-0.4, -0.2) is 7.11 Å². The van der Waals surface area contributed by atoms with Gasteiger partial charge >= 0.3 is 0 Å². The highest BCUT2D eigenvalue weighted by Crippen LogP contribution is 2.16. The zero-order chi connectivity index (χ0) is 15.2. The minimum Gasteiger partial charge on any atom is -0.496 e. The van der Waals surface area contributed by atoms with Gasteiger partial charge in [0.25, 0.3) is 0 Å². The van der Waals surface area contributed by atoms with Crippen molar-refractivity contribution in [3.63, 3.8) is 0 Å². The Labute approximate surface area is 131 Å². The van der Waals surface area contributed by atoms with Gasteiger partial charge in [0.15, 0.2) is 18.9 Å². The van der Waals surface area contributed by atoms with Crippen LogP contribution >= 0.6 is 0 Å². The maximum atomic E-state index is 5.41. The summed E-state index contributed by atoms with van der Waals surface area (Å²) in [6, 6.07) is 23.0. The molecule has 0 aliphatic heterocycles. The van der Waals surface area contributed by atoms with Crippen molar-refractivity contribution in [3.8, 4) is 5.75 Å². The predicted octanol–water partition coefficient (Wildman–Crippen LogP) is 3.62. The molecule has 2 aromatic carbocycles. The van der Waals surface area contributed by atoms with E-state index >= 15 is 0 Å². The van der Waals surface area contributed by atoms with Gasteiger partial charge in [0.2, 0.25) is 0 Å². The molecular formula is C20H20NO+. The minimum absolute atomic E-state index is 0.815. The van der Waals surface area contributed by atoms with E-state index in [1.165, 1.54) is 16.7 Å². The van der Waals surface area contributed by atoms with Crippen LogP contribution in [0.1, 0.15) is 16.7 Å². The van der Waals surface area contributed by atoms with E-state index in [1.807, 2.05) is 18.2 Å². The van der Waals surface area contributed by atoms with Crippen LogP contribution in [0.5, 0.6) is 5.75 Å². The third kappa shape index (κ3) is 3.53. The number of benzene rings is 2. The Kier molecular flexibility index (Phi) is 4.50. The molecule has 0 unspecified atom stereocenters. The minimum atomic E-state index is 0.815. The lowest BCUT2D eigenvalue weighted by atomic mass is 10.1. The Morgan fingerprint density at radius 3 is 2.14 bits per heavy atom. The smallest absolute Gasteiger partial charge is 0.177 e. The summed E-state index contributed by atoms with van der Waals surface area (Å²) >= 11 is 0. The first kappa shape index (κ1) is 14.3. The molecule has 0 bridgehead atoms. The third-order valence-corrected chi connectivity index (χ3v) is 3.76. The molecule has 0 aliphatic carbocycles. The van der Waals surface area contributed by atoms with E-state index in [1.54, 1.807) is 7.11 Å². The fourth-order valence-electron chi connectivity index (χ4n) is 2.57. The van der Waals surface area contributed by atoms with Gasteiger partial charge in [0.1, 0.15) is 5.75 Å². The Morgan fingerprint density at radius 1 is 0.773 bits per heavy atom. The molecule has 0 spiro atoms. The van der Waals surface area contributed by atoms with Crippen LogP contribution in [0.25, 0.3) is 0 Å². The van der Waals surface area contributed by atoms with Gasteiger partial charge in [-0.25, -0.2) is 4.57 Å². The largest absolute Gasteiger partial charge is 0.496 e. The lowest BCUT2D eigenvalue weighted by Gasteiger charge is -2.06. The monoisotopic (exact) mass is 290 g/mol. The number of nitrogens with zero attached hydrogens (tertiary/aromatic N) is 1. The lowest BCUT2D eigenvalue weighted by molar-refractivity contribution is -0.688. The molecule has 0 atom stereocenters. The van der Waals surface area contributed by atoms with Crippen LogP contribution in [0, 0.1) is 0 Å². The Balaban J connectivity index is 1.72. The van der Waals surface area contributed by atoms with Crippen molar-refractivity contribution in [2.75, 3.05) is 7.11 Å². The quantitative estimate of drug-likeness (QED) is 0.654. The molecule has 110 valence electrons. The summed E-state index contributed by atoms with van der Waals surface area (Å²) in [6.07, 6.45) is 5.23. The number of hydrogen-bond acceptors (Lipinski definition) is 1. The van der Waals surface area contributed by atoms with Gasteiger partial charge < -0.3 is 4.74 Å². The van der Waals surface area contributed by atoms with E-state index in [9.17, 15) is 0 Å². The number of ether oxygens (including phenoxy) is 1. The molecule has 0 N–H and O–H groups in total. The fraction of sp³-hybridized carbons (Fsp3) is 0.150. The predicted molar refractivity (Wildman–Crippen MR) is 88.0 cm³/mol. The summed E-state index contributed by atoms with van der Waals surface area (Å²) in [5.74, 6) is 0.934. The molecule has 1 heterocycles. The first-order valence-corrected chi connectivity index (χ1v) is 7.49. The number of pyridine rings is 1. The maximum absolute atomic E-state index is 5.41. The first-order chi connectivity index (χ1) is 10.8. The molecule has 0 saturated heterocycles. The second-order valence-electron chi connectivity index (χ2n) is 5.35.